The van der Waals surface area contributed by atoms with Gasteiger partial charge in [0.15, 0.2) is 5.96 Å². The maximum atomic E-state index is 14.7. The highest BCUT2D eigenvalue weighted by atomic mass is 32.1. The van der Waals surface area contributed by atoms with E-state index in [4.69, 9.17) is 0 Å². The topological polar surface area (TPSA) is 55.8 Å². The summed E-state index contributed by atoms with van der Waals surface area (Å²) in [5.74, 6) is 0.548. The van der Waals surface area contributed by atoms with Crippen LogP contribution in [0.1, 0.15) is 36.2 Å². The Balaban J connectivity index is 1.59. The van der Waals surface area contributed by atoms with Gasteiger partial charge in [-0.2, -0.15) is 0 Å². The number of aromatic nitrogens is 1. The predicted octanol–water partition coefficient (Wildman–Crippen LogP) is 3.24. The first-order valence-electron chi connectivity index (χ1n) is 10.8. The highest BCUT2D eigenvalue weighted by Crippen LogP contribution is 2.22. The van der Waals surface area contributed by atoms with Gasteiger partial charge in [-0.05, 0) is 37.6 Å². The highest BCUT2D eigenvalue weighted by molar-refractivity contribution is 7.11. The molecule has 1 saturated heterocycles. The number of hydrogen-bond donors (Lipinski definition) is 2. The summed E-state index contributed by atoms with van der Waals surface area (Å²) < 4.78 is 14.7. The van der Waals surface area contributed by atoms with Crippen molar-refractivity contribution >= 4 is 23.0 Å². The normalized spacial score (nSPS) is 15.5. The van der Waals surface area contributed by atoms with Crippen molar-refractivity contribution in [3.63, 3.8) is 0 Å². The van der Waals surface area contributed by atoms with E-state index in [1.807, 2.05) is 25.3 Å². The third-order valence-corrected chi connectivity index (χ3v) is 6.43. The molecule has 8 heteroatoms. The van der Waals surface area contributed by atoms with E-state index >= 15 is 0 Å². The van der Waals surface area contributed by atoms with Crippen molar-refractivity contribution in [1.29, 1.82) is 0 Å². The molecule has 1 aliphatic rings. The molecule has 30 heavy (non-hydrogen) atoms. The molecule has 164 valence electrons. The first-order chi connectivity index (χ1) is 14.6. The lowest BCUT2D eigenvalue weighted by molar-refractivity contribution is 0.270. The van der Waals surface area contributed by atoms with Gasteiger partial charge in [-0.3, -0.25) is 0 Å². The lowest BCUT2D eigenvalue weighted by Crippen LogP contribution is -2.46. The van der Waals surface area contributed by atoms with Crippen molar-refractivity contribution in [3.8, 4) is 0 Å². The van der Waals surface area contributed by atoms with Crippen LogP contribution < -0.4 is 15.5 Å². The van der Waals surface area contributed by atoms with Gasteiger partial charge < -0.3 is 20.4 Å². The summed E-state index contributed by atoms with van der Waals surface area (Å²) in [5.41, 5.74) is 1.56. The number of likely N-dealkylation sites (N-methyl/N-ethyl adjacent to an activating group) is 1. The molecule has 1 fully saturated rings. The fourth-order valence-corrected chi connectivity index (χ4v) is 4.28. The zero-order chi connectivity index (χ0) is 21.3. The van der Waals surface area contributed by atoms with Gasteiger partial charge in [-0.1, -0.05) is 19.9 Å². The van der Waals surface area contributed by atoms with Crippen LogP contribution in [-0.2, 0) is 19.5 Å². The lowest BCUT2D eigenvalue weighted by Gasteiger charge is -2.35. The third kappa shape index (κ3) is 6.15. The monoisotopic (exact) mass is 432 g/mol. The molecule has 6 nitrogen and oxygen atoms in total. The maximum Gasteiger partial charge on any atom is 0.191 e. The van der Waals surface area contributed by atoms with Crippen LogP contribution in [0.3, 0.4) is 0 Å². The molecule has 0 amide bonds. The minimum atomic E-state index is -0.166. The molecule has 0 atom stereocenters. The molecular weight excluding hydrogens is 399 g/mol. The Kier molecular flexibility index (Phi) is 8.45. The van der Waals surface area contributed by atoms with Gasteiger partial charge >= 0.3 is 0 Å². The number of benzene rings is 1. The molecule has 1 aromatic heterocycles. The summed E-state index contributed by atoms with van der Waals surface area (Å²) >= 11 is 1.71. The summed E-state index contributed by atoms with van der Waals surface area (Å²) in [6.45, 7) is 12.9. The smallest absolute Gasteiger partial charge is 0.191 e. The average molecular weight is 433 g/mol. The molecule has 1 aliphatic heterocycles. The van der Waals surface area contributed by atoms with Crippen molar-refractivity contribution in [2.45, 2.75) is 40.3 Å². The molecule has 0 saturated carbocycles. The van der Waals surface area contributed by atoms with Crippen LogP contribution in [-0.4, -0.2) is 55.1 Å². The summed E-state index contributed by atoms with van der Waals surface area (Å²) in [6, 6.07) is 5.49. The third-order valence-electron chi connectivity index (χ3n) is 5.29. The van der Waals surface area contributed by atoms with Crippen molar-refractivity contribution in [2.24, 2.45) is 4.99 Å². The van der Waals surface area contributed by atoms with E-state index < -0.39 is 0 Å². The molecular formula is C22H33FN6S. The van der Waals surface area contributed by atoms with Crippen LogP contribution in [0.25, 0.3) is 0 Å². The molecule has 0 unspecified atom stereocenters. The van der Waals surface area contributed by atoms with E-state index in [2.05, 4.69) is 44.3 Å². The molecule has 2 aromatic rings. The van der Waals surface area contributed by atoms with Gasteiger partial charge in [0.2, 0.25) is 0 Å². The van der Waals surface area contributed by atoms with Crippen molar-refractivity contribution < 1.29 is 4.39 Å². The summed E-state index contributed by atoms with van der Waals surface area (Å²) in [5, 5.41) is 7.59. The van der Waals surface area contributed by atoms with Crippen molar-refractivity contribution in [2.75, 3.05) is 44.2 Å². The minimum absolute atomic E-state index is 0.166. The minimum Gasteiger partial charge on any atom is -0.367 e. The Labute approximate surface area is 183 Å². The second-order valence-corrected chi connectivity index (χ2v) is 8.53. The van der Waals surface area contributed by atoms with Gasteiger partial charge in [-0.25, -0.2) is 14.4 Å². The number of aliphatic imine (C=N–C) groups is 1. The van der Waals surface area contributed by atoms with Crippen LogP contribution in [0.2, 0.25) is 0 Å². The van der Waals surface area contributed by atoms with E-state index in [9.17, 15) is 4.39 Å². The summed E-state index contributed by atoms with van der Waals surface area (Å²) in [7, 11) is 0. The number of anilines is 1. The number of nitrogens with one attached hydrogen (secondary N) is 2. The quantitative estimate of drug-likeness (QED) is 0.495. The Bertz CT molecular complexity index is 829. The second-order valence-electron chi connectivity index (χ2n) is 7.33. The maximum absolute atomic E-state index is 14.7. The number of piperazine rings is 1. The average Bonchev–Trinajstić information content (AvgIpc) is 3.24. The molecule has 2 N–H and O–H groups in total. The molecule has 0 radical (unpaired) electrons. The lowest BCUT2D eigenvalue weighted by atomic mass is 10.1. The van der Waals surface area contributed by atoms with Crippen LogP contribution >= 0.6 is 11.3 Å². The molecule has 0 bridgehead atoms. The van der Waals surface area contributed by atoms with E-state index in [0.29, 0.717) is 24.7 Å². The number of rotatable bonds is 8. The van der Waals surface area contributed by atoms with E-state index in [0.717, 1.165) is 56.3 Å². The molecule has 0 aliphatic carbocycles. The van der Waals surface area contributed by atoms with E-state index in [1.165, 1.54) is 4.88 Å². The van der Waals surface area contributed by atoms with Crippen molar-refractivity contribution in [3.05, 3.63) is 45.7 Å². The standard InChI is InChI=1S/C22H33FN6S/c1-4-18-15-25-21(30-18)16-27-22(24-5-2)26-14-17-7-8-20(19(23)13-17)29-11-9-28(6-3)10-12-29/h7-8,13,15H,4-6,9-12,14,16H2,1-3H3,(H2,24,26,27). The first-order valence-corrected chi connectivity index (χ1v) is 11.7. The fourth-order valence-electron chi connectivity index (χ4n) is 3.47. The molecule has 3 rings (SSSR count). The molecule has 2 heterocycles. The van der Waals surface area contributed by atoms with Gasteiger partial charge in [0.25, 0.3) is 0 Å². The number of guanidine groups is 1. The van der Waals surface area contributed by atoms with Crippen LogP contribution in [0.5, 0.6) is 0 Å². The fraction of sp³-hybridized carbons (Fsp3) is 0.545. The number of hydrogen-bond acceptors (Lipinski definition) is 5. The SMILES string of the molecule is CCNC(=NCc1ccc(N2CCN(CC)CC2)c(F)c1)NCc1ncc(CC)s1. The highest BCUT2D eigenvalue weighted by Gasteiger charge is 2.18. The Morgan fingerprint density at radius 1 is 1.17 bits per heavy atom. The van der Waals surface area contributed by atoms with Crippen molar-refractivity contribution in [1.82, 2.24) is 20.5 Å². The zero-order valence-corrected chi connectivity index (χ0v) is 19.1. The number of thiazole rings is 1. The van der Waals surface area contributed by atoms with Crippen LogP contribution in [0.4, 0.5) is 10.1 Å². The number of nitrogens with zero attached hydrogens (tertiary/aromatic N) is 4. The van der Waals surface area contributed by atoms with Crippen LogP contribution in [0.15, 0.2) is 29.4 Å². The zero-order valence-electron chi connectivity index (χ0n) is 18.2. The largest absolute Gasteiger partial charge is 0.367 e. The summed E-state index contributed by atoms with van der Waals surface area (Å²) in [6.07, 6.45) is 2.93. The Hall–Kier alpha value is -2.19. The Morgan fingerprint density at radius 2 is 1.97 bits per heavy atom. The predicted molar refractivity (Wildman–Crippen MR) is 124 cm³/mol. The number of aryl methyl sites for hydroxylation is 1. The second kappa shape index (κ2) is 11.3. The van der Waals surface area contributed by atoms with E-state index in [-0.39, 0.29) is 5.82 Å². The van der Waals surface area contributed by atoms with Gasteiger partial charge in [-0.15, -0.1) is 11.3 Å². The van der Waals surface area contributed by atoms with Gasteiger partial charge in [0.1, 0.15) is 10.8 Å². The first kappa shape index (κ1) is 22.5. The van der Waals surface area contributed by atoms with Crippen LogP contribution in [0, 0.1) is 5.82 Å². The molecule has 1 aromatic carbocycles. The Morgan fingerprint density at radius 3 is 2.60 bits per heavy atom. The van der Waals surface area contributed by atoms with E-state index in [1.54, 1.807) is 17.4 Å². The number of halogens is 1. The molecule has 0 spiro atoms. The van der Waals surface area contributed by atoms with Gasteiger partial charge in [0, 0.05) is 43.8 Å². The van der Waals surface area contributed by atoms with Gasteiger partial charge in [0.05, 0.1) is 18.8 Å². The summed E-state index contributed by atoms with van der Waals surface area (Å²) in [4.78, 5) is 14.8.